The van der Waals surface area contributed by atoms with Crippen molar-refractivity contribution in [2.24, 2.45) is 0 Å². The van der Waals surface area contributed by atoms with E-state index in [1.807, 2.05) is 16.7 Å². The number of thioether (sulfide) groups is 1. The van der Waals surface area contributed by atoms with Crippen LogP contribution in [-0.2, 0) is 9.53 Å². The van der Waals surface area contributed by atoms with Gasteiger partial charge in [0.1, 0.15) is 5.75 Å². The average molecular weight is 337 g/mol. The van der Waals surface area contributed by atoms with Gasteiger partial charge in [-0.15, -0.1) is 0 Å². The number of carbonyl (C=O) groups is 2. The van der Waals surface area contributed by atoms with Gasteiger partial charge in [0.15, 0.2) is 6.61 Å². The number of amides is 1. The lowest BCUT2D eigenvalue weighted by atomic mass is 10.0. The van der Waals surface area contributed by atoms with Crippen LogP contribution in [0.2, 0.25) is 0 Å². The topological polar surface area (TPSA) is 76.1 Å². The lowest BCUT2D eigenvalue weighted by Gasteiger charge is -2.43. The minimum Gasteiger partial charge on any atom is -0.482 e. The molecule has 6 nitrogen and oxygen atoms in total. The van der Waals surface area contributed by atoms with Gasteiger partial charge in [-0.3, -0.25) is 4.79 Å². The summed E-state index contributed by atoms with van der Waals surface area (Å²) >= 11 is 1.87. The number of rotatable bonds is 4. The van der Waals surface area contributed by atoms with Gasteiger partial charge in [0.25, 0.3) is 5.91 Å². The summed E-state index contributed by atoms with van der Waals surface area (Å²) in [5.41, 5.74) is 0.532. The Morgan fingerprint density at radius 3 is 3.13 bits per heavy atom. The van der Waals surface area contributed by atoms with Gasteiger partial charge in [0.2, 0.25) is 0 Å². The van der Waals surface area contributed by atoms with Crippen molar-refractivity contribution in [3.63, 3.8) is 0 Å². The fourth-order valence-corrected chi connectivity index (χ4v) is 4.27. The van der Waals surface area contributed by atoms with Gasteiger partial charge in [-0.25, -0.2) is 4.79 Å². The van der Waals surface area contributed by atoms with Crippen LogP contribution in [0, 0.1) is 0 Å². The smallest absolute Gasteiger partial charge is 0.341 e. The second-order valence-corrected chi connectivity index (χ2v) is 6.90. The van der Waals surface area contributed by atoms with Crippen molar-refractivity contribution in [2.45, 2.75) is 17.7 Å². The molecule has 0 spiro atoms. The first-order chi connectivity index (χ1) is 11.1. The molecule has 23 heavy (non-hydrogen) atoms. The number of carboxylic acids is 1. The lowest BCUT2D eigenvalue weighted by molar-refractivity contribution is -0.139. The SMILES string of the molecule is O=C(O)COc1cccc(C(=O)N2CCSC3COCCC32)c1. The van der Waals surface area contributed by atoms with Crippen LogP contribution in [-0.4, -0.2) is 65.3 Å². The molecule has 2 aliphatic heterocycles. The molecule has 2 aliphatic rings. The van der Waals surface area contributed by atoms with E-state index in [9.17, 15) is 9.59 Å². The zero-order valence-corrected chi connectivity index (χ0v) is 13.5. The van der Waals surface area contributed by atoms with Crippen LogP contribution >= 0.6 is 11.8 Å². The van der Waals surface area contributed by atoms with Crippen molar-refractivity contribution >= 4 is 23.6 Å². The summed E-state index contributed by atoms with van der Waals surface area (Å²) in [6.45, 7) is 1.69. The third kappa shape index (κ3) is 3.79. The first-order valence-corrected chi connectivity index (χ1v) is 8.65. The third-order valence-corrected chi connectivity index (χ3v) is 5.33. The highest BCUT2D eigenvalue weighted by atomic mass is 32.2. The fraction of sp³-hybridized carbons (Fsp3) is 0.500. The van der Waals surface area contributed by atoms with Crippen LogP contribution in [0.1, 0.15) is 16.8 Å². The average Bonchev–Trinajstić information content (AvgIpc) is 2.59. The minimum atomic E-state index is -1.04. The van der Waals surface area contributed by atoms with E-state index in [0.29, 0.717) is 29.8 Å². The Labute approximate surface area is 138 Å². The number of hydrogen-bond donors (Lipinski definition) is 1. The predicted octanol–water partition coefficient (Wildman–Crippen LogP) is 1.50. The molecule has 124 valence electrons. The molecule has 3 rings (SSSR count). The maximum Gasteiger partial charge on any atom is 0.341 e. The molecule has 7 heteroatoms. The number of benzene rings is 1. The van der Waals surface area contributed by atoms with Gasteiger partial charge in [-0.05, 0) is 24.6 Å². The highest BCUT2D eigenvalue weighted by Gasteiger charge is 2.37. The van der Waals surface area contributed by atoms with Gasteiger partial charge in [-0.2, -0.15) is 11.8 Å². The maximum atomic E-state index is 12.8. The van der Waals surface area contributed by atoms with Gasteiger partial charge >= 0.3 is 5.97 Å². The molecule has 0 aliphatic carbocycles. The summed E-state index contributed by atoms with van der Waals surface area (Å²) in [5.74, 6) is 0.238. The molecule has 2 saturated heterocycles. The molecule has 2 heterocycles. The normalized spacial score (nSPS) is 23.9. The van der Waals surface area contributed by atoms with Crippen LogP contribution in [0.4, 0.5) is 0 Å². The number of aliphatic carboxylic acids is 1. The highest BCUT2D eigenvalue weighted by Crippen LogP contribution is 2.31. The van der Waals surface area contributed by atoms with Crippen LogP contribution in [0.25, 0.3) is 0 Å². The van der Waals surface area contributed by atoms with E-state index < -0.39 is 12.6 Å². The monoisotopic (exact) mass is 337 g/mol. The first-order valence-electron chi connectivity index (χ1n) is 7.60. The van der Waals surface area contributed by atoms with E-state index in [2.05, 4.69) is 0 Å². The summed E-state index contributed by atoms with van der Waals surface area (Å²) in [5, 5.41) is 9.01. The Morgan fingerprint density at radius 1 is 1.43 bits per heavy atom. The minimum absolute atomic E-state index is 0.0250. The van der Waals surface area contributed by atoms with E-state index in [-0.39, 0.29) is 11.9 Å². The van der Waals surface area contributed by atoms with Crippen molar-refractivity contribution in [3.8, 4) is 5.75 Å². The molecule has 2 atom stereocenters. The number of fused-ring (bicyclic) bond motifs is 1. The Balaban J connectivity index is 1.74. The Bertz CT molecular complexity index is 592. The molecule has 1 N–H and O–H groups in total. The quantitative estimate of drug-likeness (QED) is 0.897. The first kappa shape index (κ1) is 16.1. The van der Waals surface area contributed by atoms with E-state index in [4.69, 9.17) is 14.6 Å². The molecule has 1 aromatic rings. The number of carboxylic acid groups (broad SMARTS) is 1. The summed E-state index contributed by atoms with van der Waals surface area (Å²) < 4.78 is 10.7. The molecular formula is C16H19NO5S. The van der Waals surface area contributed by atoms with Crippen molar-refractivity contribution < 1.29 is 24.2 Å². The highest BCUT2D eigenvalue weighted by molar-refractivity contribution is 8.00. The largest absolute Gasteiger partial charge is 0.482 e. The van der Waals surface area contributed by atoms with Gasteiger partial charge < -0.3 is 19.5 Å². The zero-order chi connectivity index (χ0) is 16.2. The van der Waals surface area contributed by atoms with E-state index >= 15 is 0 Å². The number of ether oxygens (including phenoxy) is 2. The van der Waals surface area contributed by atoms with Gasteiger partial charge in [0, 0.05) is 35.8 Å². The summed E-state index contributed by atoms with van der Waals surface area (Å²) in [7, 11) is 0. The van der Waals surface area contributed by atoms with Crippen molar-refractivity contribution in [2.75, 3.05) is 32.1 Å². The molecular weight excluding hydrogens is 318 g/mol. The molecule has 1 amide bonds. The molecule has 2 unspecified atom stereocenters. The summed E-state index contributed by atoms with van der Waals surface area (Å²) in [6.07, 6.45) is 0.860. The molecule has 0 saturated carbocycles. The summed E-state index contributed by atoms with van der Waals surface area (Å²) in [4.78, 5) is 25.4. The standard InChI is InChI=1S/C16H19NO5S/c18-15(19)10-22-12-3-1-2-11(8-12)16(20)17-5-7-23-14-9-21-6-4-13(14)17/h1-3,8,13-14H,4-7,9-10H2,(H,18,19). The van der Waals surface area contributed by atoms with Crippen LogP contribution in [0.3, 0.4) is 0 Å². The van der Waals surface area contributed by atoms with Crippen LogP contribution in [0.5, 0.6) is 5.75 Å². The molecule has 0 aromatic heterocycles. The molecule has 0 radical (unpaired) electrons. The van der Waals surface area contributed by atoms with Crippen LogP contribution < -0.4 is 4.74 Å². The van der Waals surface area contributed by atoms with E-state index in [1.54, 1.807) is 24.3 Å². The number of carbonyl (C=O) groups excluding carboxylic acids is 1. The Morgan fingerprint density at radius 2 is 2.30 bits per heavy atom. The second kappa shape index (κ2) is 7.23. The summed E-state index contributed by atoms with van der Waals surface area (Å²) in [6, 6.07) is 6.93. The van der Waals surface area contributed by atoms with Gasteiger partial charge in [-0.1, -0.05) is 6.07 Å². The Kier molecular flexibility index (Phi) is 5.07. The van der Waals surface area contributed by atoms with E-state index in [0.717, 1.165) is 18.7 Å². The Hall–Kier alpha value is -1.73. The fourth-order valence-electron chi connectivity index (χ4n) is 2.97. The maximum absolute atomic E-state index is 12.8. The van der Waals surface area contributed by atoms with Crippen LogP contribution in [0.15, 0.2) is 24.3 Å². The third-order valence-electron chi connectivity index (χ3n) is 4.04. The zero-order valence-electron chi connectivity index (χ0n) is 12.6. The van der Waals surface area contributed by atoms with Gasteiger partial charge in [0.05, 0.1) is 6.61 Å². The molecule has 2 fully saturated rings. The number of nitrogens with zero attached hydrogens (tertiary/aromatic N) is 1. The molecule has 0 bridgehead atoms. The lowest BCUT2D eigenvalue weighted by Crippen LogP contribution is -2.54. The predicted molar refractivity (Wildman–Crippen MR) is 86.1 cm³/mol. The number of hydrogen-bond acceptors (Lipinski definition) is 5. The van der Waals surface area contributed by atoms with Crippen molar-refractivity contribution in [3.05, 3.63) is 29.8 Å². The second-order valence-electron chi connectivity index (χ2n) is 5.55. The molecule has 1 aromatic carbocycles. The van der Waals surface area contributed by atoms with Crippen molar-refractivity contribution in [1.82, 2.24) is 4.90 Å². The van der Waals surface area contributed by atoms with E-state index in [1.165, 1.54) is 0 Å². The van der Waals surface area contributed by atoms with Crippen molar-refractivity contribution in [1.29, 1.82) is 0 Å².